The molecule has 0 saturated heterocycles. The highest BCUT2D eigenvalue weighted by Gasteiger charge is 2.69. The predicted octanol–water partition coefficient (Wildman–Crippen LogP) is 5.52. The molecule has 0 amide bonds. The Labute approximate surface area is 131 Å². The molecule has 2 aromatic carbocycles. The maximum Gasteiger partial charge on any atom is 0.263 e. The normalized spacial score (nSPS) is 22.9. The third-order valence-corrected chi connectivity index (χ3v) is 4.21. The number of benzene rings is 2. The van der Waals surface area contributed by atoms with Gasteiger partial charge in [0.2, 0.25) is 0 Å². The fraction of sp³-hybridized carbons (Fsp3) is 0.250. The Hall–Kier alpha value is -1.32. The summed E-state index contributed by atoms with van der Waals surface area (Å²) in [6, 6.07) is 11.4. The third kappa shape index (κ3) is 2.60. The Morgan fingerprint density at radius 2 is 1.43 bits per heavy atom. The van der Waals surface area contributed by atoms with Gasteiger partial charge < -0.3 is 4.74 Å². The van der Waals surface area contributed by atoms with Crippen molar-refractivity contribution in [3.05, 3.63) is 63.6 Å². The van der Waals surface area contributed by atoms with E-state index < -0.39 is 17.8 Å². The van der Waals surface area contributed by atoms with Crippen LogP contribution < -0.4 is 4.74 Å². The molecule has 2 aromatic rings. The Morgan fingerprint density at radius 1 is 0.905 bits per heavy atom. The van der Waals surface area contributed by atoms with Gasteiger partial charge in [0.05, 0.1) is 18.9 Å². The van der Waals surface area contributed by atoms with Crippen LogP contribution in [0.4, 0.5) is 8.78 Å². The van der Waals surface area contributed by atoms with E-state index in [0.717, 1.165) is 0 Å². The lowest BCUT2D eigenvalue weighted by molar-refractivity contribution is 0.105. The van der Waals surface area contributed by atoms with Crippen LogP contribution in [0.15, 0.2) is 42.5 Å². The van der Waals surface area contributed by atoms with Crippen molar-refractivity contribution >= 4 is 23.2 Å². The lowest BCUT2D eigenvalue weighted by Gasteiger charge is -2.03. The first-order valence-corrected chi connectivity index (χ1v) is 7.17. The molecule has 21 heavy (non-hydrogen) atoms. The van der Waals surface area contributed by atoms with E-state index in [-0.39, 0.29) is 0 Å². The molecule has 3 rings (SSSR count). The molecule has 0 aliphatic heterocycles. The highest BCUT2D eigenvalue weighted by Crippen LogP contribution is 2.67. The summed E-state index contributed by atoms with van der Waals surface area (Å²) in [7, 11) is 1.54. The fourth-order valence-electron chi connectivity index (χ4n) is 2.72. The highest BCUT2D eigenvalue weighted by molar-refractivity contribution is 6.34. The SMILES string of the molecule is COc1ccc([C@H]2[C@H](c3cc(Cl)cc(Cl)c3)C2(F)F)cc1. The minimum Gasteiger partial charge on any atom is -0.497 e. The number of hydrogen-bond acceptors (Lipinski definition) is 1. The largest absolute Gasteiger partial charge is 0.497 e. The summed E-state index contributed by atoms with van der Waals surface area (Å²) in [5, 5.41) is 0.738. The molecule has 0 bridgehead atoms. The average molecular weight is 329 g/mol. The Bertz CT molecular complexity index is 650. The average Bonchev–Trinajstić information content (AvgIpc) is 3.00. The van der Waals surface area contributed by atoms with Crippen molar-refractivity contribution in [2.24, 2.45) is 0 Å². The lowest BCUT2D eigenvalue weighted by Crippen LogP contribution is -1.94. The van der Waals surface area contributed by atoms with Gasteiger partial charge in [-0.3, -0.25) is 0 Å². The smallest absolute Gasteiger partial charge is 0.263 e. The van der Waals surface area contributed by atoms with Gasteiger partial charge in [0, 0.05) is 10.0 Å². The van der Waals surface area contributed by atoms with Crippen LogP contribution in [0.3, 0.4) is 0 Å². The van der Waals surface area contributed by atoms with Crippen molar-refractivity contribution in [2.45, 2.75) is 17.8 Å². The molecular formula is C16H12Cl2F2O. The molecule has 1 saturated carbocycles. The molecule has 1 aliphatic carbocycles. The van der Waals surface area contributed by atoms with E-state index >= 15 is 0 Å². The first kappa shape index (κ1) is 14.6. The Balaban J connectivity index is 1.93. The topological polar surface area (TPSA) is 9.23 Å². The van der Waals surface area contributed by atoms with E-state index in [1.807, 2.05) is 0 Å². The molecule has 110 valence electrons. The summed E-state index contributed by atoms with van der Waals surface area (Å²) in [6.45, 7) is 0. The van der Waals surface area contributed by atoms with Crippen molar-refractivity contribution in [1.82, 2.24) is 0 Å². The number of rotatable bonds is 3. The molecule has 0 unspecified atom stereocenters. The minimum absolute atomic E-state index is 0.369. The second-order valence-electron chi connectivity index (χ2n) is 5.11. The van der Waals surface area contributed by atoms with Gasteiger partial charge in [0.1, 0.15) is 5.75 Å². The molecule has 5 heteroatoms. The van der Waals surface area contributed by atoms with Gasteiger partial charge in [-0.15, -0.1) is 0 Å². The predicted molar refractivity (Wildman–Crippen MR) is 79.9 cm³/mol. The second kappa shape index (κ2) is 5.15. The van der Waals surface area contributed by atoms with Crippen LogP contribution in [0.1, 0.15) is 23.0 Å². The van der Waals surface area contributed by atoms with E-state index in [1.165, 1.54) is 13.2 Å². The number of alkyl halides is 2. The van der Waals surface area contributed by atoms with Gasteiger partial charge in [-0.1, -0.05) is 35.3 Å². The molecule has 0 heterocycles. The molecule has 1 nitrogen and oxygen atoms in total. The maximum absolute atomic E-state index is 14.2. The summed E-state index contributed by atoms with van der Waals surface area (Å²) >= 11 is 11.8. The molecular weight excluding hydrogens is 317 g/mol. The zero-order chi connectivity index (χ0) is 15.2. The molecule has 0 aromatic heterocycles. The van der Waals surface area contributed by atoms with E-state index in [9.17, 15) is 8.78 Å². The minimum atomic E-state index is -2.79. The zero-order valence-corrected chi connectivity index (χ0v) is 12.6. The summed E-state index contributed by atoms with van der Waals surface area (Å²) < 4.78 is 33.4. The van der Waals surface area contributed by atoms with E-state index in [1.54, 1.807) is 36.4 Å². The Kier molecular flexibility index (Phi) is 3.58. The Morgan fingerprint density at radius 3 is 1.95 bits per heavy atom. The van der Waals surface area contributed by atoms with Crippen molar-refractivity contribution in [3.63, 3.8) is 0 Å². The van der Waals surface area contributed by atoms with Crippen molar-refractivity contribution < 1.29 is 13.5 Å². The van der Waals surface area contributed by atoms with Crippen molar-refractivity contribution in [3.8, 4) is 5.75 Å². The monoisotopic (exact) mass is 328 g/mol. The van der Waals surface area contributed by atoms with E-state index in [0.29, 0.717) is 26.9 Å². The van der Waals surface area contributed by atoms with Crippen molar-refractivity contribution in [2.75, 3.05) is 7.11 Å². The quantitative estimate of drug-likeness (QED) is 0.721. The van der Waals surface area contributed by atoms with E-state index in [4.69, 9.17) is 27.9 Å². The maximum atomic E-state index is 14.2. The highest BCUT2D eigenvalue weighted by atomic mass is 35.5. The summed E-state index contributed by atoms with van der Waals surface area (Å²) in [5.74, 6) is -3.88. The van der Waals surface area contributed by atoms with Crippen LogP contribution in [0, 0.1) is 0 Å². The molecule has 0 N–H and O–H groups in total. The second-order valence-corrected chi connectivity index (χ2v) is 5.98. The van der Waals surface area contributed by atoms with Gasteiger partial charge >= 0.3 is 0 Å². The molecule has 2 atom stereocenters. The van der Waals surface area contributed by atoms with Crippen LogP contribution >= 0.6 is 23.2 Å². The molecule has 0 spiro atoms. The first-order chi connectivity index (χ1) is 9.93. The zero-order valence-electron chi connectivity index (χ0n) is 11.1. The lowest BCUT2D eigenvalue weighted by atomic mass is 10.0. The number of methoxy groups -OCH3 is 1. The number of hydrogen-bond donors (Lipinski definition) is 0. The van der Waals surface area contributed by atoms with Gasteiger partial charge in [0.25, 0.3) is 5.92 Å². The van der Waals surface area contributed by atoms with Crippen molar-refractivity contribution in [1.29, 1.82) is 0 Å². The van der Waals surface area contributed by atoms with Crippen LogP contribution in [0.2, 0.25) is 10.0 Å². The summed E-state index contributed by atoms with van der Waals surface area (Å²) in [4.78, 5) is 0. The molecule has 1 aliphatic rings. The molecule has 1 fully saturated rings. The van der Waals surface area contributed by atoms with Crippen LogP contribution in [-0.4, -0.2) is 13.0 Å². The fourth-order valence-corrected chi connectivity index (χ4v) is 3.27. The van der Waals surface area contributed by atoms with Crippen LogP contribution in [-0.2, 0) is 0 Å². The summed E-state index contributed by atoms with van der Waals surface area (Å²) in [5.41, 5.74) is 1.06. The van der Waals surface area contributed by atoms with Crippen LogP contribution in [0.5, 0.6) is 5.75 Å². The molecule has 0 radical (unpaired) electrons. The van der Waals surface area contributed by atoms with Crippen LogP contribution in [0.25, 0.3) is 0 Å². The third-order valence-electron chi connectivity index (χ3n) is 3.77. The standard InChI is InChI=1S/C16H12Cl2F2O/c1-21-13-4-2-9(3-5-13)14-15(16(14,19)20)10-6-11(17)8-12(18)7-10/h2-8,14-15H,1H3/t14-,15-/m0/s1. The number of halogens is 4. The van der Waals surface area contributed by atoms with E-state index in [2.05, 4.69) is 0 Å². The van der Waals surface area contributed by atoms with Gasteiger partial charge in [-0.05, 0) is 41.5 Å². The van der Waals surface area contributed by atoms with Gasteiger partial charge in [-0.25, -0.2) is 8.78 Å². The number of ether oxygens (including phenoxy) is 1. The first-order valence-electron chi connectivity index (χ1n) is 6.41. The van der Waals surface area contributed by atoms with Gasteiger partial charge in [0.15, 0.2) is 0 Å². The van der Waals surface area contributed by atoms with Gasteiger partial charge in [-0.2, -0.15) is 0 Å². The summed E-state index contributed by atoms with van der Waals surface area (Å²) in [6.07, 6.45) is 0.